The molecular formula is C13H28N2O. The van der Waals surface area contributed by atoms with Gasteiger partial charge in [0.25, 0.3) is 0 Å². The van der Waals surface area contributed by atoms with Gasteiger partial charge < -0.3 is 10.1 Å². The molecule has 96 valence electrons. The zero-order valence-corrected chi connectivity index (χ0v) is 11.5. The minimum Gasteiger partial charge on any atom is -0.377 e. The van der Waals surface area contributed by atoms with E-state index in [-0.39, 0.29) is 0 Å². The lowest BCUT2D eigenvalue weighted by Gasteiger charge is -2.32. The van der Waals surface area contributed by atoms with E-state index in [9.17, 15) is 0 Å². The van der Waals surface area contributed by atoms with Crippen molar-refractivity contribution in [3.05, 3.63) is 0 Å². The summed E-state index contributed by atoms with van der Waals surface area (Å²) in [4.78, 5) is 2.46. The maximum atomic E-state index is 5.62. The summed E-state index contributed by atoms with van der Waals surface area (Å²) in [5.41, 5.74) is 0. The molecule has 0 saturated carbocycles. The van der Waals surface area contributed by atoms with Crippen molar-refractivity contribution < 1.29 is 4.74 Å². The van der Waals surface area contributed by atoms with Crippen LogP contribution in [0.15, 0.2) is 0 Å². The van der Waals surface area contributed by atoms with Crippen LogP contribution in [0.2, 0.25) is 0 Å². The second kappa shape index (κ2) is 6.58. The molecule has 3 nitrogen and oxygen atoms in total. The molecule has 0 radical (unpaired) electrons. The molecule has 0 aliphatic carbocycles. The maximum absolute atomic E-state index is 5.62. The highest BCUT2D eigenvalue weighted by atomic mass is 16.5. The van der Waals surface area contributed by atoms with Gasteiger partial charge in [-0.25, -0.2) is 0 Å². The number of hydrogen-bond acceptors (Lipinski definition) is 3. The Balaban J connectivity index is 2.26. The fourth-order valence-corrected chi connectivity index (χ4v) is 2.31. The number of nitrogens with zero attached hydrogens (tertiary/aromatic N) is 1. The van der Waals surface area contributed by atoms with Crippen LogP contribution in [0.1, 0.15) is 34.1 Å². The summed E-state index contributed by atoms with van der Waals surface area (Å²) < 4.78 is 5.62. The molecule has 16 heavy (non-hydrogen) atoms. The smallest absolute Gasteiger partial charge is 0.0703 e. The molecule has 3 unspecified atom stereocenters. The molecular weight excluding hydrogens is 200 g/mol. The summed E-state index contributed by atoms with van der Waals surface area (Å²) in [6.07, 6.45) is 1.56. The Morgan fingerprint density at radius 1 is 1.31 bits per heavy atom. The summed E-state index contributed by atoms with van der Waals surface area (Å²) in [6, 6.07) is 1.17. The van der Waals surface area contributed by atoms with E-state index in [1.54, 1.807) is 0 Å². The van der Waals surface area contributed by atoms with E-state index in [2.05, 4.69) is 45.0 Å². The van der Waals surface area contributed by atoms with Gasteiger partial charge in [0, 0.05) is 25.2 Å². The molecule has 1 N–H and O–H groups in total. The van der Waals surface area contributed by atoms with E-state index in [0.717, 1.165) is 25.6 Å². The quantitative estimate of drug-likeness (QED) is 0.749. The molecule has 0 amide bonds. The lowest BCUT2D eigenvalue weighted by atomic mass is 10.1. The minimum atomic E-state index is 0.387. The SMILES string of the molecule is CC(C)CNCC(C)N(C)C1CCOC1C. The highest BCUT2D eigenvalue weighted by Gasteiger charge is 2.29. The van der Waals surface area contributed by atoms with Crippen molar-refractivity contribution in [1.82, 2.24) is 10.2 Å². The second-order valence-corrected chi connectivity index (χ2v) is 5.50. The third-order valence-electron chi connectivity index (χ3n) is 3.55. The molecule has 0 aromatic rings. The molecule has 1 fully saturated rings. The molecule has 1 heterocycles. The van der Waals surface area contributed by atoms with Crippen LogP contribution in [-0.4, -0.2) is 49.8 Å². The van der Waals surface area contributed by atoms with Crippen LogP contribution in [0, 0.1) is 5.92 Å². The molecule has 1 rings (SSSR count). The Morgan fingerprint density at radius 3 is 2.50 bits per heavy atom. The number of ether oxygens (including phenoxy) is 1. The van der Waals surface area contributed by atoms with Gasteiger partial charge in [0.2, 0.25) is 0 Å². The summed E-state index contributed by atoms with van der Waals surface area (Å²) in [5, 5.41) is 3.52. The lowest BCUT2D eigenvalue weighted by Crippen LogP contribution is -2.46. The van der Waals surface area contributed by atoms with Crippen molar-refractivity contribution in [1.29, 1.82) is 0 Å². The van der Waals surface area contributed by atoms with E-state index in [1.807, 2.05) is 0 Å². The molecule has 3 heteroatoms. The average Bonchev–Trinajstić information content (AvgIpc) is 2.62. The van der Waals surface area contributed by atoms with Crippen molar-refractivity contribution in [3.8, 4) is 0 Å². The van der Waals surface area contributed by atoms with E-state index in [4.69, 9.17) is 4.74 Å². The number of hydrogen-bond donors (Lipinski definition) is 1. The molecule has 1 saturated heterocycles. The summed E-state index contributed by atoms with van der Waals surface area (Å²) >= 11 is 0. The van der Waals surface area contributed by atoms with Gasteiger partial charge in [0.15, 0.2) is 0 Å². The van der Waals surface area contributed by atoms with Crippen molar-refractivity contribution in [2.45, 2.75) is 52.3 Å². The lowest BCUT2D eigenvalue weighted by molar-refractivity contribution is 0.0703. The van der Waals surface area contributed by atoms with Crippen LogP contribution in [0.4, 0.5) is 0 Å². The van der Waals surface area contributed by atoms with Gasteiger partial charge in [-0.2, -0.15) is 0 Å². The van der Waals surface area contributed by atoms with E-state index in [1.165, 1.54) is 6.42 Å². The highest BCUT2D eigenvalue weighted by molar-refractivity contribution is 4.83. The average molecular weight is 228 g/mol. The molecule has 0 aromatic carbocycles. The Kier molecular flexibility index (Phi) is 5.73. The number of rotatable bonds is 6. The maximum Gasteiger partial charge on any atom is 0.0703 e. The van der Waals surface area contributed by atoms with E-state index in [0.29, 0.717) is 18.2 Å². The monoisotopic (exact) mass is 228 g/mol. The molecule has 0 bridgehead atoms. The van der Waals surface area contributed by atoms with Gasteiger partial charge in [-0.3, -0.25) is 4.90 Å². The van der Waals surface area contributed by atoms with Gasteiger partial charge >= 0.3 is 0 Å². The molecule has 0 spiro atoms. The number of likely N-dealkylation sites (N-methyl/N-ethyl adjacent to an activating group) is 1. The van der Waals surface area contributed by atoms with Gasteiger partial charge in [0.05, 0.1) is 6.10 Å². The van der Waals surface area contributed by atoms with Crippen LogP contribution in [0.25, 0.3) is 0 Å². The van der Waals surface area contributed by atoms with Crippen molar-refractivity contribution >= 4 is 0 Å². The van der Waals surface area contributed by atoms with Crippen LogP contribution in [-0.2, 0) is 4.74 Å². The van der Waals surface area contributed by atoms with Crippen LogP contribution in [0.5, 0.6) is 0 Å². The molecule has 0 aromatic heterocycles. The van der Waals surface area contributed by atoms with Crippen LogP contribution in [0.3, 0.4) is 0 Å². The largest absolute Gasteiger partial charge is 0.377 e. The molecule has 1 aliphatic rings. The zero-order valence-electron chi connectivity index (χ0n) is 11.5. The number of nitrogens with one attached hydrogen (secondary N) is 1. The summed E-state index contributed by atoms with van der Waals surface area (Å²) in [6.45, 7) is 12.1. The Morgan fingerprint density at radius 2 is 2.00 bits per heavy atom. The first-order valence-electron chi connectivity index (χ1n) is 6.56. The van der Waals surface area contributed by atoms with Crippen molar-refractivity contribution in [3.63, 3.8) is 0 Å². The Hall–Kier alpha value is -0.120. The minimum absolute atomic E-state index is 0.387. The van der Waals surface area contributed by atoms with Gasteiger partial charge in [0.1, 0.15) is 0 Å². The predicted octanol–water partition coefficient (Wildman–Crippen LogP) is 1.73. The Bertz CT molecular complexity index is 196. The fraction of sp³-hybridized carbons (Fsp3) is 1.00. The first-order valence-corrected chi connectivity index (χ1v) is 6.56. The first kappa shape index (κ1) is 13.9. The first-order chi connectivity index (χ1) is 7.52. The third kappa shape index (κ3) is 4.04. The molecule has 3 atom stereocenters. The zero-order chi connectivity index (χ0) is 12.1. The van der Waals surface area contributed by atoms with E-state index >= 15 is 0 Å². The van der Waals surface area contributed by atoms with E-state index < -0.39 is 0 Å². The predicted molar refractivity (Wildman–Crippen MR) is 68.8 cm³/mol. The van der Waals surface area contributed by atoms with Gasteiger partial charge in [-0.15, -0.1) is 0 Å². The van der Waals surface area contributed by atoms with Crippen molar-refractivity contribution in [2.75, 3.05) is 26.7 Å². The summed E-state index contributed by atoms with van der Waals surface area (Å²) in [7, 11) is 2.22. The third-order valence-corrected chi connectivity index (χ3v) is 3.55. The van der Waals surface area contributed by atoms with Gasteiger partial charge in [-0.05, 0) is 39.8 Å². The second-order valence-electron chi connectivity index (χ2n) is 5.50. The fourth-order valence-electron chi connectivity index (χ4n) is 2.31. The van der Waals surface area contributed by atoms with Crippen LogP contribution < -0.4 is 5.32 Å². The van der Waals surface area contributed by atoms with Gasteiger partial charge in [-0.1, -0.05) is 13.8 Å². The Labute approximate surface area is 101 Å². The topological polar surface area (TPSA) is 24.5 Å². The normalized spacial score (nSPS) is 27.9. The standard InChI is InChI=1S/C13H28N2O/c1-10(2)8-14-9-11(3)15(5)13-6-7-16-12(13)4/h10-14H,6-9H2,1-5H3. The molecule has 1 aliphatic heterocycles. The highest BCUT2D eigenvalue weighted by Crippen LogP contribution is 2.19. The van der Waals surface area contributed by atoms with Crippen LogP contribution >= 0.6 is 0 Å². The van der Waals surface area contributed by atoms with Crippen molar-refractivity contribution in [2.24, 2.45) is 5.92 Å². The summed E-state index contributed by atoms with van der Waals surface area (Å²) in [5.74, 6) is 0.728.